The van der Waals surface area contributed by atoms with E-state index in [0.29, 0.717) is 24.4 Å². The van der Waals surface area contributed by atoms with Gasteiger partial charge < -0.3 is 14.6 Å². The first-order valence-electron chi connectivity index (χ1n) is 9.08. The van der Waals surface area contributed by atoms with Crippen molar-refractivity contribution in [1.82, 2.24) is 19.7 Å². The quantitative estimate of drug-likeness (QED) is 0.729. The molecule has 1 aliphatic heterocycles. The average Bonchev–Trinajstić information content (AvgIpc) is 3.32. The molecule has 2 atom stereocenters. The van der Waals surface area contributed by atoms with Gasteiger partial charge in [0.2, 0.25) is 5.13 Å². The van der Waals surface area contributed by atoms with Crippen LogP contribution >= 0.6 is 11.3 Å². The van der Waals surface area contributed by atoms with E-state index < -0.39 is 6.10 Å². The summed E-state index contributed by atoms with van der Waals surface area (Å²) in [5, 5.41) is 20.9. The van der Waals surface area contributed by atoms with Gasteiger partial charge in [0.05, 0.1) is 0 Å². The second-order valence-electron chi connectivity index (χ2n) is 6.94. The molecule has 3 aromatic rings. The molecule has 8 heteroatoms. The largest absolute Gasteiger partial charge is 0.385 e. The van der Waals surface area contributed by atoms with E-state index in [9.17, 15) is 9.50 Å². The van der Waals surface area contributed by atoms with Gasteiger partial charge in [-0.3, -0.25) is 0 Å². The lowest BCUT2D eigenvalue weighted by atomic mass is 9.92. The molecule has 1 aromatic carbocycles. The molecule has 27 heavy (non-hydrogen) atoms. The predicted octanol–water partition coefficient (Wildman–Crippen LogP) is 2.95. The van der Waals surface area contributed by atoms with E-state index in [4.69, 9.17) is 0 Å². The number of piperidine rings is 1. The fourth-order valence-electron chi connectivity index (χ4n) is 3.56. The van der Waals surface area contributed by atoms with Gasteiger partial charge in [-0.2, -0.15) is 0 Å². The highest BCUT2D eigenvalue weighted by Gasteiger charge is 2.30. The van der Waals surface area contributed by atoms with Crippen LogP contribution in [0.1, 0.15) is 35.3 Å². The summed E-state index contributed by atoms with van der Waals surface area (Å²) >= 11 is 1.49. The Morgan fingerprint density at radius 1 is 1.33 bits per heavy atom. The van der Waals surface area contributed by atoms with Gasteiger partial charge in [0, 0.05) is 44.9 Å². The van der Waals surface area contributed by atoms with Gasteiger partial charge in [0.25, 0.3) is 0 Å². The van der Waals surface area contributed by atoms with Crippen LogP contribution in [0.2, 0.25) is 0 Å². The highest BCUT2D eigenvalue weighted by atomic mass is 32.1. The maximum absolute atomic E-state index is 13.9. The minimum atomic E-state index is -0.599. The molecule has 0 bridgehead atoms. The summed E-state index contributed by atoms with van der Waals surface area (Å²) in [5.74, 6) is 0.573. The normalized spacial score (nSPS) is 18.6. The smallest absolute Gasteiger partial charge is 0.208 e. The fourth-order valence-corrected chi connectivity index (χ4v) is 4.46. The number of benzene rings is 1. The van der Waals surface area contributed by atoms with Crippen molar-refractivity contribution < 1.29 is 9.50 Å². The number of aromatic nitrogens is 4. The minimum Gasteiger partial charge on any atom is -0.385 e. The maximum Gasteiger partial charge on any atom is 0.208 e. The lowest BCUT2D eigenvalue weighted by Gasteiger charge is -2.34. The van der Waals surface area contributed by atoms with Gasteiger partial charge in [-0.05, 0) is 24.5 Å². The fraction of sp³-hybridized carbons (Fsp3) is 0.421. The molecule has 0 aliphatic carbocycles. The van der Waals surface area contributed by atoms with Gasteiger partial charge in [0.15, 0.2) is 0 Å². The predicted molar refractivity (Wildman–Crippen MR) is 102 cm³/mol. The number of aryl methyl sites for hydroxylation is 1. The first-order chi connectivity index (χ1) is 13.1. The van der Waals surface area contributed by atoms with Crippen LogP contribution in [0.3, 0.4) is 0 Å². The molecule has 2 aromatic heterocycles. The molecule has 2 unspecified atom stereocenters. The van der Waals surface area contributed by atoms with Gasteiger partial charge in [0.1, 0.15) is 22.8 Å². The highest BCUT2D eigenvalue weighted by molar-refractivity contribution is 7.15. The van der Waals surface area contributed by atoms with E-state index in [1.807, 2.05) is 23.9 Å². The van der Waals surface area contributed by atoms with Crippen LogP contribution in [0.15, 0.2) is 36.7 Å². The monoisotopic (exact) mass is 387 g/mol. The Balaban J connectivity index is 1.45. The van der Waals surface area contributed by atoms with Crippen LogP contribution in [0.25, 0.3) is 0 Å². The van der Waals surface area contributed by atoms with Crippen molar-refractivity contribution in [2.75, 3.05) is 18.0 Å². The van der Waals surface area contributed by atoms with Gasteiger partial charge in [-0.15, -0.1) is 10.2 Å². The second kappa shape index (κ2) is 7.74. The molecule has 1 saturated heterocycles. The molecular weight excluding hydrogens is 365 g/mol. The zero-order valence-corrected chi connectivity index (χ0v) is 15.9. The molecule has 1 fully saturated rings. The van der Waals surface area contributed by atoms with Crippen molar-refractivity contribution in [1.29, 1.82) is 0 Å². The summed E-state index contributed by atoms with van der Waals surface area (Å²) in [5.41, 5.74) is 0.627. The van der Waals surface area contributed by atoms with Crippen LogP contribution in [0.5, 0.6) is 0 Å². The zero-order valence-electron chi connectivity index (χ0n) is 15.1. The number of nitrogens with zero attached hydrogens (tertiary/aromatic N) is 5. The number of halogens is 1. The third-order valence-electron chi connectivity index (χ3n) is 5.05. The van der Waals surface area contributed by atoms with Gasteiger partial charge >= 0.3 is 0 Å². The number of aliphatic hydroxyl groups is 1. The molecule has 142 valence electrons. The Hall–Kier alpha value is -2.32. The van der Waals surface area contributed by atoms with E-state index in [-0.39, 0.29) is 11.7 Å². The Morgan fingerprint density at radius 3 is 2.96 bits per heavy atom. The molecule has 0 amide bonds. The highest BCUT2D eigenvalue weighted by Crippen LogP contribution is 2.32. The van der Waals surface area contributed by atoms with Gasteiger partial charge in [-0.25, -0.2) is 9.37 Å². The number of aliphatic hydroxyl groups excluding tert-OH is 1. The molecule has 0 spiro atoms. The molecule has 0 saturated carbocycles. The number of hydrogen-bond acceptors (Lipinski definition) is 6. The second-order valence-corrected chi connectivity index (χ2v) is 7.98. The number of hydrogen-bond donors (Lipinski definition) is 1. The summed E-state index contributed by atoms with van der Waals surface area (Å²) in [6.07, 6.45) is 5.33. The Labute approximate surface area is 161 Å². The van der Waals surface area contributed by atoms with Crippen LogP contribution < -0.4 is 4.90 Å². The van der Waals surface area contributed by atoms with E-state index in [1.54, 1.807) is 18.3 Å². The van der Waals surface area contributed by atoms with Crippen molar-refractivity contribution >= 4 is 16.5 Å². The summed E-state index contributed by atoms with van der Waals surface area (Å²) in [6.45, 7) is 1.60. The summed E-state index contributed by atoms with van der Waals surface area (Å²) in [6, 6.07) is 6.75. The molecule has 6 nitrogen and oxygen atoms in total. The Bertz CT molecular complexity index is 911. The third-order valence-corrected chi connectivity index (χ3v) is 6.04. The maximum atomic E-state index is 13.9. The summed E-state index contributed by atoms with van der Waals surface area (Å²) in [4.78, 5) is 6.45. The molecule has 3 heterocycles. The molecule has 4 rings (SSSR count). The van der Waals surface area contributed by atoms with Crippen molar-refractivity contribution in [3.8, 4) is 0 Å². The number of rotatable bonds is 5. The topological polar surface area (TPSA) is 67.1 Å². The molecule has 1 N–H and O–H groups in total. The van der Waals surface area contributed by atoms with E-state index in [2.05, 4.69) is 20.1 Å². The van der Waals surface area contributed by atoms with Crippen LogP contribution in [-0.2, 0) is 13.5 Å². The molecular formula is C19H22FN5OS. The molecule has 0 radical (unpaired) electrons. The van der Waals surface area contributed by atoms with Crippen LogP contribution in [0.4, 0.5) is 9.52 Å². The zero-order chi connectivity index (χ0) is 18.8. The van der Waals surface area contributed by atoms with Crippen LogP contribution in [0, 0.1) is 11.7 Å². The standard InChI is InChI=1S/C19H22FN5OS/c1-24-10-8-21-18(24)17(26)14-6-4-9-25(12-14)19-23-22-16(27-19)11-13-5-2-3-7-15(13)20/h2-3,5,7-8,10,14,17,26H,4,6,9,11-12H2,1H3. The van der Waals surface area contributed by atoms with Crippen LogP contribution in [-0.4, -0.2) is 37.9 Å². The van der Waals surface area contributed by atoms with Gasteiger partial charge in [-0.1, -0.05) is 29.5 Å². The molecule has 1 aliphatic rings. The van der Waals surface area contributed by atoms with Crippen molar-refractivity contribution in [3.05, 3.63) is 58.9 Å². The first kappa shape index (κ1) is 18.1. The van der Waals surface area contributed by atoms with Crippen molar-refractivity contribution in [2.45, 2.75) is 25.4 Å². The lowest BCUT2D eigenvalue weighted by molar-refractivity contribution is 0.0875. The average molecular weight is 387 g/mol. The first-order valence-corrected chi connectivity index (χ1v) is 9.89. The van der Waals surface area contributed by atoms with E-state index in [1.165, 1.54) is 17.4 Å². The van der Waals surface area contributed by atoms with E-state index in [0.717, 1.165) is 29.5 Å². The van der Waals surface area contributed by atoms with E-state index >= 15 is 0 Å². The summed E-state index contributed by atoms with van der Waals surface area (Å²) in [7, 11) is 1.89. The minimum absolute atomic E-state index is 0.0961. The number of anilines is 1. The lowest BCUT2D eigenvalue weighted by Crippen LogP contribution is -2.38. The Kier molecular flexibility index (Phi) is 5.18. The Morgan fingerprint density at radius 2 is 2.19 bits per heavy atom. The summed E-state index contributed by atoms with van der Waals surface area (Å²) < 4.78 is 15.7. The third kappa shape index (κ3) is 3.86. The number of imidazole rings is 1. The van der Waals surface area contributed by atoms with Crippen molar-refractivity contribution in [3.63, 3.8) is 0 Å². The SMILES string of the molecule is Cn1ccnc1C(O)C1CCCN(c2nnc(Cc3ccccc3F)s2)C1. The van der Waals surface area contributed by atoms with Crippen molar-refractivity contribution in [2.24, 2.45) is 13.0 Å².